The van der Waals surface area contributed by atoms with Crippen LogP contribution in [0.4, 0.5) is 5.69 Å². The molecule has 1 aromatic carbocycles. The lowest BCUT2D eigenvalue weighted by Crippen LogP contribution is -2.35. The molecule has 19 heavy (non-hydrogen) atoms. The van der Waals surface area contributed by atoms with Crippen molar-refractivity contribution in [3.8, 4) is 5.75 Å². The lowest BCUT2D eigenvalue weighted by atomic mass is 10.2. The molecule has 1 N–H and O–H groups in total. The predicted molar refractivity (Wildman–Crippen MR) is 68.0 cm³/mol. The van der Waals surface area contributed by atoms with Crippen LogP contribution in [0.25, 0.3) is 0 Å². The molecule has 0 radical (unpaired) electrons. The maximum Gasteiger partial charge on any atom is 0.323 e. The van der Waals surface area contributed by atoms with Crippen molar-refractivity contribution in [2.45, 2.75) is 20.3 Å². The minimum Gasteiger partial charge on any atom is -0.480 e. The van der Waals surface area contributed by atoms with Crippen LogP contribution >= 0.6 is 0 Å². The number of aliphatic carboxylic acids is 1. The Morgan fingerprint density at radius 1 is 1.32 bits per heavy atom. The zero-order valence-electron chi connectivity index (χ0n) is 10.8. The molecule has 6 heteroatoms. The van der Waals surface area contributed by atoms with E-state index in [0.717, 1.165) is 4.90 Å². The topological polar surface area (TPSA) is 83.9 Å². The molecule has 0 aliphatic carbocycles. The summed E-state index contributed by atoms with van der Waals surface area (Å²) in [5.74, 6) is -1.64. The van der Waals surface area contributed by atoms with E-state index in [9.17, 15) is 14.4 Å². The Kier molecular flexibility index (Phi) is 5.05. The van der Waals surface area contributed by atoms with Gasteiger partial charge >= 0.3 is 11.9 Å². The Balaban J connectivity index is 3.04. The van der Waals surface area contributed by atoms with Crippen LogP contribution in [0, 0.1) is 0 Å². The largest absolute Gasteiger partial charge is 0.480 e. The van der Waals surface area contributed by atoms with Gasteiger partial charge in [-0.15, -0.1) is 0 Å². The molecule has 1 rings (SSSR count). The molecule has 102 valence electrons. The summed E-state index contributed by atoms with van der Waals surface area (Å²) in [6, 6.07) is 6.19. The number of benzene rings is 1. The molecule has 0 atom stereocenters. The number of carbonyl (C=O) groups is 3. The normalized spacial score (nSPS) is 9.79. The summed E-state index contributed by atoms with van der Waals surface area (Å²) in [6.45, 7) is 2.47. The first kappa shape index (κ1) is 14.7. The van der Waals surface area contributed by atoms with Gasteiger partial charge in [-0.3, -0.25) is 14.4 Å². The molecule has 0 fully saturated rings. The van der Waals surface area contributed by atoms with Crippen molar-refractivity contribution < 1.29 is 24.2 Å². The number of hydrogen-bond acceptors (Lipinski definition) is 4. The van der Waals surface area contributed by atoms with Gasteiger partial charge in [0.25, 0.3) is 0 Å². The van der Waals surface area contributed by atoms with Crippen LogP contribution in [0.5, 0.6) is 5.75 Å². The fourth-order valence-electron chi connectivity index (χ4n) is 1.53. The van der Waals surface area contributed by atoms with Gasteiger partial charge in [-0.05, 0) is 12.1 Å². The SMILES string of the molecule is CCC(=O)N(CC(=O)O)c1cccc(OC(C)=O)c1. The van der Waals surface area contributed by atoms with Crippen molar-refractivity contribution in [1.82, 2.24) is 0 Å². The van der Waals surface area contributed by atoms with Gasteiger partial charge in [-0.2, -0.15) is 0 Å². The summed E-state index contributed by atoms with van der Waals surface area (Å²) in [7, 11) is 0. The second kappa shape index (κ2) is 6.53. The first-order chi connectivity index (χ1) is 8.93. The summed E-state index contributed by atoms with van der Waals surface area (Å²) in [4.78, 5) is 34.5. The van der Waals surface area contributed by atoms with Crippen LogP contribution in [0.2, 0.25) is 0 Å². The van der Waals surface area contributed by atoms with Crippen molar-refractivity contribution in [3.05, 3.63) is 24.3 Å². The van der Waals surface area contributed by atoms with Crippen molar-refractivity contribution in [1.29, 1.82) is 0 Å². The number of carboxylic acids is 1. The number of anilines is 1. The molecule has 0 heterocycles. The highest BCUT2D eigenvalue weighted by atomic mass is 16.5. The highest BCUT2D eigenvalue weighted by molar-refractivity contribution is 5.97. The van der Waals surface area contributed by atoms with E-state index < -0.39 is 18.5 Å². The van der Waals surface area contributed by atoms with E-state index in [1.165, 1.54) is 13.0 Å². The zero-order valence-corrected chi connectivity index (χ0v) is 10.8. The van der Waals surface area contributed by atoms with Crippen molar-refractivity contribution in [2.75, 3.05) is 11.4 Å². The van der Waals surface area contributed by atoms with Gasteiger partial charge in [0, 0.05) is 25.1 Å². The molecule has 0 aliphatic heterocycles. The van der Waals surface area contributed by atoms with Crippen LogP contribution < -0.4 is 9.64 Å². The Hall–Kier alpha value is -2.37. The highest BCUT2D eigenvalue weighted by Crippen LogP contribution is 2.22. The number of hydrogen-bond donors (Lipinski definition) is 1. The average molecular weight is 265 g/mol. The first-order valence-corrected chi connectivity index (χ1v) is 5.74. The Morgan fingerprint density at radius 3 is 2.53 bits per heavy atom. The van der Waals surface area contributed by atoms with Crippen LogP contribution in [0.3, 0.4) is 0 Å². The van der Waals surface area contributed by atoms with E-state index in [-0.39, 0.29) is 18.1 Å². The first-order valence-electron chi connectivity index (χ1n) is 5.74. The minimum atomic E-state index is -1.11. The zero-order chi connectivity index (χ0) is 14.4. The number of ether oxygens (including phenoxy) is 1. The predicted octanol–water partition coefficient (Wildman–Crippen LogP) is 1.44. The Bertz CT molecular complexity index is 498. The van der Waals surface area contributed by atoms with Crippen molar-refractivity contribution in [3.63, 3.8) is 0 Å². The van der Waals surface area contributed by atoms with Crippen LogP contribution in [-0.2, 0) is 14.4 Å². The molecule has 0 aromatic heterocycles. The van der Waals surface area contributed by atoms with E-state index in [1.807, 2.05) is 0 Å². The third-order valence-electron chi connectivity index (χ3n) is 2.29. The van der Waals surface area contributed by atoms with Crippen LogP contribution in [0.1, 0.15) is 20.3 Å². The maximum absolute atomic E-state index is 11.7. The fraction of sp³-hybridized carbons (Fsp3) is 0.308. The monoisotopic (exact) mass is 265 g/mol. The summed E-state index contributed by atoms with van der Waals surface area (Å²) in [6.07, 6.45) is 0.186. The molecule has 0 bridgehead atoms. The summed E-state index contributed by atoms with van der Waals surface area (Å²) >= 11 is 0. The number of nitrogens with zero attached hydrogens (tertiary/aromatic N) is 1. The molecular weight excluding hydrogens is 250 g/mol. The fourth-order valence-corrected chi connectivity index (χ4v) is 1.53. The van der Waals surface area contributed by atoms with E-state index in [2.05, 4.69) is 0 Å². The number of esters is 1. The summed E-state index contributed by atoms with van der Waals surface area (Å²) in [5.41, 5.74) is 0.382. The van der Waals surface area contributed by atoms with Gasteiger partial charge in [0.1, 0.15) is 12.3 Å². The van der Waals surface area contributed by atoms with Gasteiger partial charge in [-0.1, -0.05) is 13.0 Å². The number of carbonyl (C=O) groups excluding carboxylic acids is 2. The quantitative estimate of drug-likeness (QED) is 0.643. The second-order valence-electron chi connectivity index (χ2n) is 3.82. The van der Waals surface area contributed by atoms with Gasteiger partial charge in [0.05, 0.1) is 0 Å². The number of amides is 1. The molecule has 1 amide bonds. The minimum absolute atomic E-state index is 0.186. The molecule has 0 unspecified atom stereocenters. The van der Waals surface area contributed by atoms with Crippen LogP contribution in [0.15, 0.2) is 24.3 Å². The molecule has 0 saturated heterocycles. The van der Waals surface area contributed by atoms with Gasteiger partial charge in [0.2, 0.25) is 5.91 Å². The molecule has 0 aliphatic rings. The highest BCUT2D eigenvalue weighted by Gasteiger charge is 2.17. The van der Waals surface area contributed by atoms with Crippen molar-refractivity contribution in [2.24, 2.45) is 0 Å². The summed E-state index contributed by atoms with van der Waals surface area (Å²) in [5, 5.41) is 8.83. The van der Waals surface area contributed by atoms with E-state index in [4.69, 9.17) is 9.84 Å². The van der Waals surface area contributed by atoms with Gasteiger partial charge in [0.15, 0.2) is 0 Å². The number of rotatable bonds is 5. The standard InChI is InChI=1S/C13H15NO5/c1-3-12(16)14(8-13(17)18)10-5-4-6-11(7-10)19-9(2)15/h4-7H,3,8H2,1-2H3,(H,17,18). The molecule has 1 aromatic rings. The molecule has 0 saturated carbocycles. The van der Waals surface area contributed by atoms with E-state index in [1.54, 1.807) is 25.1 Å². The van der Waals surface area contributed by atoms with Gasteiger partial charge < -0.3 is 14.7 Å². The van der Waals surface area contributed by atoms with E-state index in [0.29, 0.717) is 5.69 Å². The average Bonchev–Trinajstić information content (AvgIpc) is 2.34. The van der Waals surface area contributed by atoms with Crippen LogP contribution in [-0.4, -0.2) is 29.5 Å². The second-order valence-corrected chi connectivity index (χ2v) is 3.82. The van der Waals surface area contributed by atoms with E-state index >= 15 is 0 Å². The lowest BCUT2D eigenvalue weighted by molar-refractivity contribution is -0.136. The van der Waals surface area contributed by atoms with Gasteiger partial charge in [-0.25, -0.2) is 0 Å². The molecule has 6 nitrogen and oxygen atoms in total. The third kappa shape index (κ3) is 4.42. The molecular formula is C13H15NO5. The van der Waals surface area contributed by atoms with Crippen molar-refractivity contribution >= 4 is 23.5 Å². The molecule has 0 spiro atoms. The third-order valence-corrected chi connectivity index (χ3v) is 2.29. The lowest BCUT2D eigenvalue weighted by Gasteiger charge is -2.20. The Labute approximate surface area is 110 Å². The summed E-state index contributed by atoms with van der Waals surface area (Å²) < 4.78 is 4.90. The number of carboxylic acid groups (broad SMARTS) is 1. The smallest absolute Gasteiger partial charge is 0.323 e. The maximum atomic E-state index is 11.7. The Morgan fingerprint density at radius 2 is 2.00 bits per heavy atom.